The SMILES string of the molecule is CC(NC(=O)NCc1cc(F)ccc1F)C(C)C(=O)O. The van der Waals surface area contributed by atoms with Crippen molar-refractivity contribution in [1.29, 1.82) is 0 Å². The summed E-state index contributed by atoms with van der Waals surface area (Å²) in [4.78, 5) is 22.2. The summed E-state index contributed by atoms with van der Waals surface area (Å²) in [6.45, 7) is 2.81. The van der Waals surface area contributed by atoms with Crippen LogP contribution in [0.2, 0.25) is 0 Å². The molecule has 110 valence electrons. The van der Waals surface area contributed by atoms with Crippen molar-refractivity contribution in [2.24, 2.45) is 5.92 Å². The standard InChI is InChI=1S/C13H16F2N2O3/c1-7(12(18)19)8(2)17-13(20)16-6-9-5-10(14)3-4-11(9)15/h3-5,7-8H,6H2,1-2H3,(H,18,19)(H2,16,17,20). The molecule has 2 atom stereocenters. The lowest BCUT2D eigenvalue weighted by molar-refractivity contribution is -0.141. The molecule has 0 fully saturated rings. The minimum Gasteiger partial charge on any atom is -0.481 e. The van der Waals surface area contributed by atoms with Crippen molar-refractivity contribution >= 4 is 12.0 Å². The van der Waals surface area contributed by atoms with Gasteiger partial charge in [-0.15, -0.1) is 0 Å². The molecule has 1 rings (SSSR count). The van der Waals surface area contributed by atoms with Crippen LogP contribution in [0.25, 0.3) is 0 Å². The molecule has 0 spiro atoms. The van der Waals surface area contributed by atoms with Crippen LogP contribution < -0.4 is 10.6 Å². The van der Waals surface area contributed by atoms with Gasteiger partial charge in [-0.25, -0.2) is 13.6 Å². The van der Waals surface area contributed by atoms with Crippen LogP contribution in [0.3, 0.4) is 0 Å². The number of hydrogen-bond donors (Lipinski definition) is 3. The monoisotopic (exact) mass is 286 g/mol. The van der Waals surface area contributed by atoms with Crippen molar-refractivity contribution in [1.82, 2.24) is 10.6 Å². The maximum Gasteiger partial charge on any atom is 0.315 e. The van der Waals surface area contributed by atoms with Gasteiger partial charge >= 0.3 is 12.0 Å². The van der Waals surface area contributed by atoms with Gasteiger partial charge in [0.15, 0.2) is 0 Å². The van der Waals surface area contributed by atoms with Crippen LogP contribution in [-0.4, -0.2) is 23.1 Å². The fourth-order valence-corrected chi connectivity index (χ4v) is 1.45. The number of nitrogens with one attached hydrogen (secondary N) is 2. The number of benzene rings is 1. The van der Waals surface area contributed by atoms with Crippen molar-refractivity contribution in [2.45, 2.75) is 26.4 Å². The van der Waals surface area contributed by atoms with E-state index in [-0.39, 0.29) is 12.1 Å². The zero-order valence-electron chi connectivity index (χ0n) is 11.1. The number of carbonyl (C=O) groups is 2. The largest absolute Gasteiger partial charge is 0.481 e. The summed E-state index contributed by atoms with van der Waals surface area (Å²) in [6, 6.07) is 1.70. The molecule has 0 aromatic heterocycles. The summed E-state index contributed by atoms with van der Waals surface area (Å²) in [7, 11) is 0. The van der Waals surface area contributed by atoms with Crippen LogP contribution >= 0.6 is 0 Å². The topological polar surface area (TPSA) is 78.4 Å². The average Bonchev–Trinajstić information content (AvgIpc) is 2.38. The Morgan fingerprint density at radius 2 is 1.95 bits per heavy atom. The smallest absolute Gasteiger partial charge is 0.315 e. The van der Waals surface area contributed by atoms with Crippen LogP contribution in [0.4, 0.5) is 13.6 Å². The normalized spacial score (nSPS) is 13.4. The highest BCUT2D eigenvalue weighted by atomic mass is 19.1. The molecule has 20 heavy (non-hydrogen) atoms. The van der Waals surface area contributed by atoms with Crippen LogP contribution in [-0.2, 0) is 11.3 Å². The first-order valence-electron chi connectivity index (χ1n) is 6.02. The van der Waals surface area contributed by atoms with E-state index in [1.54, 1.807) is 6.92 Å². The molecule has 1 aromatic carbocycles. The molecule has 0 heterocycles. The Hall–Kier alpha value is -2.18. The third kappa shape index (κ3) is 4.49. The number of urea groups is 1. The quantitative estimate of drug-likeness (QED) is 0.773. The number of carboxylic acid groups (broad SMARTS) is 1. The van der Waals surface area contributed by atoms with Gasteiger partial charge < -0.3 is 15.7 Å². The van der Waals surface area contributed by atoms with Crippen molar-refractivity contribution in [3.63, 3.8) is 0 Å². The Kier molecular flexibility index (Phi) is 5.42. The number of rotatable bonds is 5. The van der Waals surface area contributed by atoms with Crippen molar-refractivity contribution in [3.8, 4) is 0 Å². The van der Waals surface area contributed by atoms with Gasteiger partial charge in [-0.1, -0.05) is 0 Å². The van der Waals surface area contributed by atoms with Gasteiger partial charge in [-0.2, -0.15) is 0 Å². The van der Waals surface area contributed by atoms with Crippen molar-refractivity contribution < 1.29 is 23.5 Å². The number of carboxylic acids is 1. The first-order valence-corrected chi connectivity index (χ1v) is 6.02. The number of hydrogen-bond acceptors (Lipinski definition) is 2. The Morgan fingerprint density at radius 1 is 1.30 bits per heavy atom. The minimum absolute atomic E-state index is 0.0130. The lowest BCUT2D eigenvalue weighted by atomic mass is 10.0. The highest BCUT2D eigenvalue weighted by Crippen LogP contribution is 2.09. The van der Waals surface area contributed by atoms with Gasteiger partial charge in [-0.05, 0) is 32.0 Å². The second-order valence-corrected chi connectivity index (χ2v) is 4.48. The van der Waals surface area contributed by atoms with E-state index in [1.165, 1.54) is 6.92 Å². The Labute approximate surface area is 115 Å². The summed E-state index contributed by atoms with van der Waals surface area (Å²) in [6.07, 6.45) is 0. The van der Waals surface area contributed by atoms with Gasteiger partial charge in [0.05, 0.1) is 5.92 Å². The van der Waals surface area contributed by atoms with E-state index >= 15 is 0 Å². The molecule has 2 unspecified atom stereocenters. The summed E-state index contributed by atoms with van der Waals surface area (Å²) in [5, 5.41) is 13.5. The van der Waals surface area contributed by atoms with Crippen LogP contribution in [0.1, 0.15) is 19.4 Å². The second kappa shape index (κ2) is 6.83. The van der Waals surface area contributed by atoms with Gasteiger partial charge in [0.2, 0.25) is 0 Å². The van der Waals surface area contributed by atoms with E-state index in [4.69, 9.17) is 5.11 Å². The summed E-state index contributed by atoms with van der Waals surface area (Å²) >= 11 is 0. The van der Waals surface area contributed by atoms with E-state index in [0.29, 0.717) is 0 Å². The van der Waals surface area contributed by atoms with E-state index in [9.17, 15) is 18.4 Å². The molecule has 1 aromatic rings. The first kappa shape index (κ1) is 15.9. The van der Waals surface area contributed by atoms with Crippen molar-refractivity contribution in [3.05, 3.63) is 35.4 Å². The molecule has 0 saturated carbocycles. The van der Waals surface area contributed by atoms with E-state index in [0.717, 1.165) is 18.2 Å². The van der Waals surface area contributed by atoms with Crippen LogP contribution in [0.5, 0.6) is 0 Å². The Bertz CT molecular complexity index is 508. The molecule has 3 N–H and O–H groups in total. The van der Waals surface area contributed by atoms with Gasteiger partial charge in [0.1, 0.15) is 11.6 Å². The van der Waals surface area contributed by atoms with Crippen LogP contribution in [0.15, 0.2) is 18.2 Å². The molecular weight excluding hydrogens is 270 g/mol. The molecule has 5 nitrogen and oxygen atoms in total. The average molecular weight is 286 g/mol. The summed E-state index contributed by atoms with van der Waals surface area (Å²) < 4.78 is 26.2. The third-order valence-corrected chi connectivity index (χ3v) is 2.95. The molecular formula is C13H16F2N2O3. The van der Waals surface area contributed by atoms with E-state index in [1.807, 2.05) is 0 Å². The highest BCUT2D eigenvalue weighted by Gasteiger charge is 2.20. The zero-order chi connectivity index (χ0) is 15.3. The Balaban J connectivity index is 2.51. The fourth-order valence-electron chi connectivity index (χ4n) is 1.45. The number of carbonyl (C=O) groups excluding carboxylic acids is 1. The highest BCUT2D eigenvalue weighted by molar-refractivity contribution is 5.76. The molecule has 2 amide bonds. The molecule has 0 aliphatic carbocycles. The number of aliphatic carboxylic acids is 1. The predicted octanol–water partition coefficient (Wildman–Crippen LogP) is 1.87. The molecule has 0 bridgehead atoms. The molecule has 0 radical (unpaired) electrons. The molecule has 0 aliphatic heterocycles. The zero-order valence-corrected chi connectivity index (χ0v) is 11.1. The number of halogens is 2. The summed E-state index contributed by atoms with van der Waals surface area (Å²) in [5.74, 6) is -3.02. The van der Waals surface area contributed by atoms with Crippen LogP contribution in [0, 0.1) is 17.6 Å². The van der Waals surface area contributed by atoms with Gasteiger partial charge in [0.25, 0.3) is 0 Å². The van der Waals surface area contributed by atoms with E-state index < -0.39 is 35.6 Å². The van der Waals surface area contributed by atoms with Gasteiger partial charge in [0, 0.05) is 18.2 Å². The molecule has 0 saturated heterocycles. The number of amides is 2. The Morgan fingerprint density at radius 3 is 2.55 bits per heavy atom. The van der Waals surface area contributed by atoms with Crippen molar-refractivity contribution in [2.75, 3.05) is 0 Å². The third-order valence-electron chi connectivity index (χ3n) is 2.95. The first-order chi connectivity index (χ1) is 9.31. The lowest BCUT2D eigenvalue weighted by Crippen LogP contribution is -2.45. The minimum atomic E-state index is -1.03. The summed E-state index contributed by atoms with van der Waals surface area (Å²) in [5.41, 5.74) is 0.0130. The molecule has 7 heteroatoms. The second-order valence-electron chi connectivity index (χ2n) is 4.48. The lowest BCUT2D eigenvalue weighted by Gasteiger charge is -2.18. The molecule has 0 aliphatic rings. The van der Waals surface area contributed by atoms with E-state index in [2.05, 4.69) is 10.6 Å². The van der Waals surface area contributed by atoms with Gasteiger partial charge in [-0.3, -0.25) is 4.79 Å². The maximum atomic E-state index is 13.3. The maximum absolute atomic E-state index is 13.3. The predicted molar refractivity (Wildman–Crippen MR) is 68.0 cm³/mol. The fraction of sp³-hybridized carbons (Fsp3) is 0.385.